The first-order valence-electron chi connectivity index (χ1n) is 3.51. The summed E-state index contributed by atoms with van der Waals surface area (Å²) in [7, 11) is 0. The summed E-state index contributed by atoms with van der Waals surface area (Å²) in [6.07, 6.45) is 1.71. The molecular formula is C9H9BrOS. The van der Waals surface area contributed by atoms with Crippen LogP contribution in [0.4, 0.5) is 0 Å². The van der Waals surface area contributed by atoms with Crippen molar-refractivity contribution in [2.24, 2.45) is 0 Å². The molecule has 3 heteroatoms. The molecule has 0 aliphatic carbocycles. The van der Waals surface area contributed by atoms with Gasteiger partial charge in [0, 0.05) is 9.37 Å². The van der Waals surface area contributed by atoms with Gasteiger partial charge in [-0.15, -0.1) is 0 Å². The molecule has 0 amide bonds. The molecule has 0 spiro atoms. The minimum atomic E-state index is 0.101. The van der Waals surface area contributed by atoms with Gasteiger partial charge in [-0.1, -0.05) is 33.8 Å². The van der Waals surface area contributed by atoms with Crippen LogP contribution in [0.5, 0.6) is 0 Å². The SMILES string of the molecule is OC/C=C/Sc1ccc(Br)cc1. The topological polar surface area (TPSA) is 20.2 Å². The molecule has 64 valence electrons. The van der Waals surface area contributed by atoms with Crippen LogP contribution in [-0.4, -0.2) is 11.7 Å². The molecule has 0 aromatic heterocycles. The fourth-order valence-corrected chi connectivity index (χ4v) is 1.58. The summed E-state index contributed by atoms with van der Waals surface area (Å²) in [5, 5.41) is 10.4. The summed E-state index contributed by atoms with van der Waals surface area (Å²) in [6.45, 7) is 0.101. The largest absolute Gasteiger partial charge is 0.392 e. The van der Waals surface area contributed by atoms with Crippen LogP contribution in [0.3, 0.4) is 0 Å². The van der Waals surface area contributed by atoms with Gasteiger partial charge < -0.3 is 5.11 Å². The van der Waals surface area contributed by atoms with Gasteiger partial charge in [-0.25, -0.2) is 0 Å². The molecular weight excluding hydrogens is 236 g/mol. The highest BCUT2D eigenvalue weighted by Gasteiger charge is 1.89. The molecule has 12 heavy (non-hydrogen) atoms. The highest BCUT2D eigenvalue weighted by molar-refractivity contribution is 9.10. The standard InChI is InChI=1S/C9H9BrOS/c10-8-2-4-9(5-3-8)12-7-1-6-11/h1-5,7,11H,6H2/b7-1+. The number of aliphatic hydroxyl groups is 1. The van der Waals surface area contributed by atoms with E-state index in [0.717, 1.165) is 4.47 Å². The summed E-state index contributed by atoms with van der Waals surface area (Å²) in [5.74, 6) is 0. The highest BCUT2D eigenvalue weighted by atomic mass is 79.9. The zero-order valence-corrected chi connectivity index (χ0v) is 8.81. The number of benzene rings is 1. The first-order chi connectivity index (χ1) is 5.83. The summed E-state index contributed by atoms with van der Waals surface area (Å²) >= 11 is 4.95. The van der Waals surface area contributed by atoms with Crippen molar-refractivity contribution in [1.29, 1.82) is 0 Å². The lowest BCUT2D eigenvalue weighted by atomic mass is 10.4. The average Bonchev–Trinajstić information content (AvgIpc) is 2.09. The third-order valence-electron chi connectivity index (χ3n) is 1.22. The lowest BCUT2D eigenvalue weighted by Crippen LogP contribution is -1.70. The van der Waals surface area contributed by atoms with Crippen LogP contribution in [0.15, 0.2) is 45.1 Å². The van der Waals surface area contributed by atoms with Crippen LogP contribution in [0.25, 0.3) is 0 Å². The molecule has 1 aromatic rings. The molecule has 1 nitrogen and oxygen atoms in total. The van der Waals surface area contributed by atoms with E-state index in [1.54, 1.807) is 17.8 Å². The Kier molecular flexibility index (Phi) is 4.43. The Morgan fingerprint density at radius 2 is 2.00 bits per heavy atom. The van der Waals surface area contributed by atoms with Crippen LogP contribution in [-0.2, 0) is 0 Å². The van der Waals surface area contributed by atoms with Gasteiger partial charge in [0.15, 0.2) is 0 Å². The maximum atomic E-state index is 8.48. The Morgan fingerprint density at radius 1 is 1.33 bits per heavy atom. The first-order valence-corrected chi connectivity index (χ1v) is 5.18. The molecule has 0 fully saturated rings. The second-order valence-electron chi connectivity index (χ2n) is 2.13. The van der Waals surface area contributed by atoms with E-state index in [-0.39, 0.29) is 6.61 Å². The number of aliphatic hydroxyl groups excluding tert-OH is 1. The van der Waals surface area contributed by atoms with Crippen molar-refractivity contribution < 1.29 is 5.11 Å². The van der Waals surface area contributed by atoms with E-state index in [9.17, 15) is 0 Å². The smallest absolute Gasteiger partial charge is 0.0620 e. The normalized spacial score (nSPS) is 10.8. The summed E-state index contributed by atoms with van der Waals surface area (Å²) < 4.78 is 1.08. The minimum absolute atomic E-state index is 0.101. The number of hydrogen-bond acceptors (Lipinski definition) is 2. The molecule has 1 N–H and O–H groups in total. The van der Waals surface area contributed by atoms with E-state index in [1.165, 1.54) is 4.90 Å². The molecule has 0 bridgehead atoms. The molecule has 0 saturated heterocycles. The van der Waals surface area contributed by atoms with Crippen molar-refractivity contribution in [1.82, 2.24) is 0 Å². The monoisotopic (exact) mass is 244 g/mol. The Labute approximate surface area is 84.6 Å². The van der Waals surface area contributed by atoms with Crippen LogP contribution in [0, 0.1) is 0 Å². The Bertz CT molecular complexity index is 256. The van der Waals surface area contributed by atoms with Gasteiger partial charge in [0.2, 0.25) is 0 Å². The first kappa shape index (κ1) is 9.84. The molecule has 0 aliphatic rings. The van der Waals surface area contributed by atoms with Gasteiger partial charge in [0.1, 0.15) is 0 Å². The van der Waals surface area contributed by atoms with Gasteiger partial charge in [-0.3, -0.25) is 0 Å². The van der Waals surface area contributed by atoms with E-state index in [4.69, 9.17) is 5.11 Å². The number of hydrogen-bond donors (Lipinski definition) is 1. The van der Waals surface area contributed by atoms with Crippen LogP contribution < -0.4 is 0 Å². The highest BCUT2D eigenvalue weighted by Crippen LogP contribution is 2.21. The molecule has 0 unspecified atom stereocenters. The molecule has 0 aliphatic heterocycles. The molecule has 0 radical (unpaired) electrons. The third-order valence-corrected chi connectivity index (χ3v) is 2.62. The summed E-state index contributed by atoms with van der Waals surface area (Å²) in [6, 6.07) is 8.04. The second kappa shape index (κ2) is 5.41. The summed E-state index contributed by atoms with van der Waals surface area (Å²) in [4.78, 5) is 1.17. The predicted molar refractivity (Wildman–Crippen MR) is 56.2 cm³/mol. The average molecular weight is 245 g/mol. The molecule has 0 saturated carbocycles. The minimum Gasteiger partial charge on any atom is -0.392 e. The van der Waals surface area contributed by atoms with Gasteiger partial charge in [0.05, 0.1) is 6.61 Å². The quantitative estimate of drug-likeness (QED) is 0.826. The van der Waals surface area contributed by atoms with Crippen molar-refractivity contribution in [3.63, 3.8) is 0 Å². The maximum Gasteiger partial charge on any atom is 0.0620 e. The van der Waals surface area contributed by atoms with E-state index in [0.29, 0.717) is 0 Å². The zero-order valence-electron chi connectivity index (χ0n) is 6.40. The van der Waals surface area contributed by atoms with Gasteiger partial charge in [-0.05, 0) is 29.7 Å². The second-order valence-corrected chi connectivity index (χ2v) is 4.02. The molecule has 0 heterocycles. The van der Waals surface area contributed by atoms with Crippen LogP contribution >= 0.6 is 27.7 Å². The number of thioether (sulfide) groups is 1. The van der Waals surface area contributed by atoms with Crippen molar-refractivity contribution in [3.8, 4) is 0 Å². The summed E-state index contributed by atoms with van der Waals surface area (Å²) in [5.41, 5.74) is 0. The lowest BCUT2D eigenvalue weighted by Gasteiger charge is -1.94. The lowest BCUT2D eigenvalue weighted by molar-refractivity contribution is 0.343. The van der Waals surface area contributed by atoms with Crippen molar-refractivity contribution >= 4 is 27.7 Å². The molecule has 1 rings (SSSR count). The Hall–Kier alpha value is -0.250. The van der Waals surface area contributed by atoms with E-state index < -0.39 is 0 Å². The van der Waals surface area contributed by atoms with Crippen molar-refractivity contribution in [2.45, 2.75) is 4.90 Å². The van der Waals surface area contributed by atoms with E-state index >= 15 is 0 Å². The van der Waals surface area contributed by atoms with Crippen molar-refractivity contribution in [2.75, 3.05) is 6.61 Å². The number of rotatable bonds is 3. The van der Waals surface area contributed by atoms with E-state index in [2.05, 4.69) is 15.9 Å². The van der Waals surface area contributed by atoms with Gasteiger partial charge >= 0.3 is 0 Å². The maximum absolute atomic E-state index is 8.48. The fraction of sp³-hybridized carbons (Fsp3) is 0.111. The number of halogens is 1. The molecule has 0 atom stereocenters. The Balaban J connectivity index is 2.53. The van der Waals surface area contributed by atoms with Gasteiger partial charge in [0.25, 0.3) is 0 Å². The Morgan fingerprint density at radius 3 is 2.58 bits per heavy atom. The fourth-order valence-electron chi connectivity index (χ4n) is 0.683. The van der Waals surface area contributed by atoms with E-state index in [1.807, 2.05) is 29.7 Å². The molecule has 1 aromatic carbocycles. The zero-order chi connectivity index (χ0) is 8.81. The third kappa shape index (κ3) is 3.43. The van der Waals surface area contributed by atoms with Gasteiger partial charge in [-0.2, -0.15) is 0 Å². The predicted octanol–water partition coefficient (Wildman–Crippen LogP) is 3.05. The van der Waals surface area contributed by atoms with Crippen molar-refractivity contribution in [3.05, 3.63) is 40.2 Å². The van der Waals surface area contributed by atoms with Crippen LogP contribution in [0.1, 0.15) is 0 Å². The van der Waals surface area contributed by atoms with Crippen LogP contribution in [0.2, 0.25) is 0 Å².